The Morgan fingerprint density at radius 1 is 1.07 bits per heavy atom. The molecule has 1 aromatic heterocycles. The summed E-state index contributed by atoms with van der Waals surface area (Å²) in [4.78, 5) is 19.6. The first-order chi connectivity index (χ1) is 13.8. The molecule has 0 bridgehead atoms. The highest BCUT2D eigenvalue weighted by Gasteiger charge is 2.23. The van der Waals surface area contributed by atoms with Gasteiger partial charge in [0.2, 0.25) is 5.91 Å². The average molecular weight is 377 g/mol. The third-order valence-electron chi connectivity index (χ3n) is 5.67. The second-order valence-electron chi connectivity index (χ2n) is 7.57. The standard InChI is InChI=1S/C23H28N4O/c1-24-17-18-13-15-26(16-14-18)23(28)12-11-22-25-20-9-5-6-10-21(20)27(22)19-7-3-2-4-8-19/h2-10,18,24H,11-17H2,1H3. The molecule has 0 aliphatic carbocycles. The molecule has 0 unspecified atom stereocenters. The third kappa shape index (κ3) is 3.94. The minimum Gasteiger partial charge on any atom is -0.343 e. The van der Waals surface area contributed by atoms with Gasteiger partial charge >= 0.3 is 0 Å². The number of aryl methyl sites for hydroxylation is 1. The monoisotopic (exact) mass is 376 g/mol. The van der Waals surface area contributed by atoms with Crippen molar-refractivity contribution in [2.24, 2.45) is 5.92 Å². The molecule has 28 heavy (non-hydrogen) atoms. The number of nitrogens with one attached hydrogen (secondary N) is 1. The van der Waals surface area contributed by atoms with Gasteiger partial charge in [-0.2, -0.15) is 0 Å². The van der Waals surface area contributed by atoms with Crippen LogP contribution < -0.4 is 5.32 Å². The maximum atomic E-state index is 12.8. The van der Waals surface area contributed by atoms with Gasteiger partial charge in [0.1, 0.15) is 5.82 Å². The zero-order valence-electron chi connectivity index (χ0n) is 16.5. The number of rotatable bonds is 6. The summed E-state index contributed by atoms with van der Waals surface area (Å²) in [6.07, 6.45) is 3.34. The first-order valence-corrected chi connectivity index (χ1v) is 10.2. The Balaban J connectivity index is 1.49. The molecule has 2 aromatic carbocycles. The zero-order chi connectivity index (χ0) is 19.3. The van der Waals surface area contributed by atoms with E-state index in [1.807, 2.05) is 48.3 Å². The van der Waals surface area contributed by atoms with Crippen LogP contribution in [0.4, 0.5) is 0 Å². The quantitative estimate of drug-likeness (QED) is 0.717. The van der Waals surface area contributed by atoms with Crippen molar-refractivity contribution in [3.05, 3.63) is 60.4 Å². The molecule has 4 rings (SSSR count). The molecular formula is C23H28N4O. The number of piperidine rings is 1. The molecule has 2 heterocycles. The molecule has 0 spiro atoms. The molecule has 1 aliphatic heterocycles. The summed E-state index contributed by atoms with van der Waals surface area (Å²) in [5.74, 6) is 1.89. The summed E-state index contributed by atoms with van der Waals surface area (Å²) in [6.45, 7) is 2.80. The Labute approximate surface area is 166 Å². The summed E-state index contributed by atoms with van der Waals surface area (Å²) in [5, 5.41) is 3.25. The third-order valence-corrected chi connectivity index (χ3v) is 5.67. The zero-order valence-corrected chi connectivity index (χ0v) is 16.5. The molecular weight excluding hydrogens is 348 g/mol. The van der Waals surface area contributed by atoms with E-state index in [-0.39, 0.29) is 5.91 Å². The number of hydrogen-bond donors (Lipinski definition) is 1. The molecule has 1 saturated heterocycles. The van der Waals surface area contributed by atoms with Gasteiger partial charge in [-0.1, -0.05) is 30.3 Å². The van der Waals surface area contributed by atoms with Crippen LogP contribution in [0.5, 0.6) is 0 Å². The highest BCUT2D eigenvalue weighted by atomic mass is 16.2. The van der Waals surface area contributed by atoms with Gasteiger partial charge in [-0.05, 0) is 56.6 Å². The normalized spacial score (nSPS) is 15.2. The molecule has 0 radical (unpaired) electrons. The van der Waals surface area contributed by atoms with E-state index in [0.717, 1.165) is 55.0 Å². The highest BCUT2D eigenvalue weighted by molar-refractivity contribution is 5.79. The van der Waals surface area contributed by atoms with Crippen LogP contribution in [0.3, 0.4) is 0 Å². The van der Waals surface area contributed by atoms with E-state index in [1.54, 1.807) is 0 Å². The number of carbonyl (C=O) groups is 1. The number of fused-ring (bicyclic) bond motifs is 1. The van der Waals surface area contributed by atoms with Crippen molar-refractivity contribution in [1.82, 2.24) is 19.8 Å². The number of imidazole rings is 1. The van der Waals surface area contributed by atoms with Crippen LogP contribution in [0.15, 0.2) is 54.6 Å². The fourth-order valence-corrected chi connectivity index (χ4v) is 4.16. The smallest absolute Gasteiger partial charge is 0.223 e. The maximum absolute atomic E-state index is 12.8. The summed E-state index contributed by atoms with van der Waals surface area (Å²) < 4.78 is 2.18. The van der Waals surface area contributed by atoms with E-state index in [0.29, 0.717) is 18.8 Å². The van der Waals surface area contributed by atoms with Crippen LogP contribution in [0.25, 0.3) is 16.7 Å². The predicted molar refractivity (Wildman–Crippen MR) is 113 cm³/mol. The topological polar surface area (TPSA) is 50.2 Å². The molecule has 1 aliphatic rings. The molecule has 0 atom stereocenters. The minimum absolute atomic E-state index is 0.245. The molecule has 1 amide bonds. The van der Waals surface area contributed by atoms with Gasteiger partial charge in [-0.15, -0.1) is 0 Å². The van der Waals surface area contributed by atoms with E-state index in [2.05, 4.69) is 28.1 Å². The van der Waals surface area contributed by atoms with Crippen LogP contribution in [0, 0.1) is 5.92 Å². The second kappa shape index (κ2) is 8.57. The van der Waals surface area contributed by atoms with Crippen molar-refractivity contribution in [2.75, 3.05) is 26.7 Å². The van der Waals surface area contributed by atoms with Crippen LogP contribution >= 0.6 is 0 Å². The molecule has 1 fully saturated rings. The summed E-state index contributed by atoms with van der Waals surface area (Å²) in [6, 6.07) is 18.4. The van der Waals surface area contributed by atoms with Crippen LogP contribution in [0.2, 0.25) is 0 Å². The molecule has 146 valence electrons. The van der Waals surface area contributed by atoms with Crippen molar-refractivity contribution in [2.45, 2.75) is 25.7 Å². The van der Waals surface area contributed by atoms with E-state index < -0.39 is 0 Å². The average Bonchev–Trinajstić information content (AvgIpc) is 3.12. The van der Waals surface area contributed by atoms with Crippen molar-refractivity contribution in [3.63, 3.8) is 0 Å². The number of carbonyl (C=O) groups excluding carboxylic acids is 1. The number of nitrogens with zero attached hydrogens (tertiary/aromatic N) is 3. The summed E-state index contributed by atoms with van der Waals surface area (Å²) >= 11 is 0. The van der Waals surface area contributed by atoms with Crippen LogP contribution in [-0.2, 0) is 11.2 Å². The van der Waals surface area contributed by atoms with Gasteiger partial charge in [-0.3, -0.25) is 9.36 Å². The van der Waals surface area contributed by atoms with Crippen molar-refractivity contribution in [1.29, 1.82) is 0 Å². The summed E-state index contributed by atoms with van der Waals surface area (Å²) in [7, 11) is 2.00. The lowest BCUT2D eigenvalue weighted by Crippen LogP contribution is -2.40. The van der Waals surface area contributed by atoms with Crippen molar-refractivity contribution >= 4 is 16.9 Å². The van der Waals surface area contributed by atoms with Gasteiger partial charge in [0.05, 0.1) is 11.0 Å². The highest BCUT2D eigenvalue weighted by Crippen LogP contribution is 2.23. The van der Waals surface area contributed by atoms with Crippen molar-refractivity contribution in [3.8, 4) is 5.69 Å². The van der Waals surface area contributed by atoms with Gasteiger partial charge in [0, 0.05) is 31.6 Å². The Kier molecular flexibility index (Phi) is 5.72. The minimum atomic E-state index is 0.245. The predicted octanol–water partition coefficient (Wildman–Crippen LogP) is 3.42. The number of likely N-dealkylation sites (tertiary alicyclic amines) is 1. The molecule has 3 aromatic rings. The first kappa shape index (κ1) is 18.7. The van der Waals surface area contributed by atoms with E-state index in [4.69, 9.17) is 4.98 Å². The van der Waals surface area contributed by atoms with Crippen LogP contribution in [0.1, 0.15) is 25.1 Å². The molecule has 1 N–H and O–H groups in total. The fraction of sp³-hybridized carbons (Fsp3) is 0.391. The van der Waals surface area contributed by atoms with Gasteiger partial charge in [0.15, 0.2) is 0 Å². The lowest BCUT2D eigenvalue weighted by Gasteiger charge is -2.32. The Bertz CT molecular complexity index is 926. The van der Waals surface area contributed by atoms with Crippen molar-refractivity contribution < 1.29 is 4.79 Å². The second-order valence-corrected chi connectivity index (χ2v) is 7.57. The maximum Gasteiger partial charge on any atom is 0.223 e. The van der Waals surface area contributed by atoms with E-state index in [9.17, 15) is 4.79 Å². The van der Waals surface area contributed by atoms with Gasteiger partial charge in [-0.25, -0.2) is 4.98 Å². The Hall–Kier alpha value is -2.66. The van der Waals surface area contributed by atoms with Crippen LogP contribution in [-0.4, -0.2) is 47.0 Å². The van der Waals surface area contributed by atoms with E-state index in [1.165, 1.54) is 0 Å². The summed E-state index contributed by atoms with van der Waals surface area (Å²) in [5.41, 5.74) is 3.15. The Morgan fingerprint density at radius 3 is 2.54 bits per heavy atom. The molecule has 5 heteroatoms. The lowest BCUT2D eigenvalue weighted by atomic mass is 9.96. The number of hydrogen-bond acceptors (Lipinski definition) is 3. The number of para-hydroxylation sites is 3. The number of amides is 1. The van der Waals surface area contributed by atoms with E-state index >= 15 is 0 Å². The van der Waals surface area contributed by atoms with Gasteiger partial charge in [0.25, 0.3) is 0 Å². The number of aromatic nitrogens is 2. The first-order valence-electron chi connectivity index (χ1n) is 10.2. The molecule has 5 nitrogen and oxygen atoms in total. The molecule has 0 saturated carbocycles. The largest absolute Gasteiger partial charge is 0.343 e. The van der Waals surface area contributed by atoms with Gasteiger partial charge < -0.3 is 10.2 Å². The SMILES string of the molecule is CNCC1CCN(C(=O)CCc2nc3ccccc3n2-c2ccccc2)CC1. The Morgan fingerprint density at radius 2 is 1.79 bits per heavy atom. The lowest BCUT2D eigenvalue weighted by molar-refractivity contribution is -0.132. The fourth-order valence-electron chi connectivity index (χ4n) is 4.16. The number of benzene rings is 2.